The topological polar surface area (TPSA) is 60.8 Å². The number of carbonyl (C=O) groups is 2. The van der Waals surface area contributed by atoms with Crippen LogP contribution in [0, 0.1) is 19.3 Å². The highest BCUT2D eigenvalue weighted by Crippen LogP contribution is 2.60. The van der Waals surface area contributed by atoms with Gasteiger partial charge in [-0.15, -0.1) is 0 Å². The fourth-order valence-corrected chi connectivity index (χ4v) is 6.67. The molecule has 0 amide bonds. The number of aromatic nitrogens is 1. The maximum atomic E-state index is 14.1. The lowest BCUT2D eigenvalue weighted by Gasteiger charge is -2.54. The van der Waals surface area contributed by atoms with Crippen LogP contribution in [0.15, 0.2) is 42.6 Å². The van der Waals surface area contributed by atoms with E-state index in [0.29, 0.717) is 31.5 Å². The zero-order valence-electron chi connectivity index (χ0n) is 24.1. The molecule has 3 aromatic rings. The summed E-state index contributed by atoms with van der Waals surface area (Å²) < 4.78 is 40.2. The van der Waals surface area contributed by atoms with Crippen molar-refractivity contribution < 1.29 is 27.8 Å². The average molecular weight is 553 g/mol. The smallest absolute Gasteiger partial charge is 0.418 e. The maximum absolute atomic E-state index is 14.1. The van der Waals surface area contributed by atoms with E-state index in [1.54, 1.807) is 22.9 Å². The van der Waals surface area contributed by atoms with Crippen LogP contribution >= 0.6 is 0 Å². The normalized spacial score (nSPS) is 20.4. The summed E-state index contributed by atoms with van der Waals surface area (Å²) in [6, 6.07) is 11.3. The van der Waals surface area contributed by atoms with E-state index in [-0.39, 0.29) is 24.3 Å². The van der Waals surface area contributed by atoms with Gasteiger partial charge in [0.2, 0.25) is 5.92 Å². The molecule has 0 bridgehead atoms. The summed E-state index contributed by atoms with van der Waals surface area (Å²) in [5.41, 5.74) is 4.48. The summed E-state index contributed by atoms with van der Waals surface area (Å²) in [5, 5.41) is 0.985. The third kappa shape index (κ3) is 5.38. The molecule has 1 aliphatic heterocycles. The minimum atomic E-state index is -2.59. The summed E-state index contributed by atoms with van der Waals surface area (Å²) in [7, 11) is 1.35. The van der Waals surface area contributed by atoms with Crippen molar-refractivity contribution in [3.05, 3.63) is 70.4 Å². The predicted molar refractivity (Wildman–Crippen MR) is 150 cm³/mol. The SMILES string of the molecule is COC(=O)c1ccc([C@@H]2CC3(CCN2Cc2c(C)cc(C)c4c2ccn4C(=O)OC(C)(C)C)CC(F)(F)C3)cc1. The summed E-state index contributed by atoms with van der Waals surface area (Å²) >= 11 is 0. The number of halogens is 2. The minimum absolute atomic E-state index is 0.0723. The second-order valence-corrected chi connectivity index (χ2v) is 12.7. The largest absolute Gasteiger partial charge is 0.465 e. The molecule has 0 N–H and O–H groups in total. The van der Waals surface area contributed by atoms with E-state index >= 15 is 0 Å². The standard InChI is InChI=1S/C32H38F2N2O4/c1-20-15-21(2)27-24(11-13-36(27)29(38)40-30(3,4)5)25(20)17-35-14-12-31(18-32(33,34)19-31)16-26(35)22-7-9-23(10-8-22)28(37)39-6/h7-11,13,15,26H,12,14,16-19H2,1-6H3/t26-/m0/s1. The van der Waals surface area contributed by atoms with Crippen LogP contribution in [0.4, 0.5) is 13.6 Å². The number of aryl methyl sites for hydroxylation is 2. The zero-order valence-corrected chi connectivity index (χ0v) is 24.1. The lowest BCUT2D eigenvalue weighted by atomic mass is 9.59. The van der Waals surface area contributed by atoms with Crippen LogP contribution in [0.5, 0.6) is 0 Å². The molecule has 2 heterocycles. The fourth-order valence-electron chi connectivity index (χ4n) is 6.67. The molecule has 1 aliphatic carbocycles. The Labute approximate surface area is 234 Å². The van der Waals surface area contributed by atoms with Crippen LogP contribution in [0.1, 0.15) is 85.1 Å². The summed E-state index contributed by atoms with van der Waals surface area (Å²) in [6.07, 6.45) is 2.54. The van der Waals surface area contributed by atoms with Crippen LogP contribution in [0.2, 0.25) is 0 Å². The Morgan fingerprint density at radius 3 is 2.33 bits per heavy atom. The second kappa shape index (κ2) is 9.98. The Balaban J connectivity index is 1.50. The monoisotopic (exact) mass is 552 g/mol. The van der Waals surface area contributed by atoms with E-state index in [9.17, 15) is 18.4 Å². The number of rotatable bonds is 4. The highest BCUT2D eigenvalue weighted by molar-refractivity contribution is 5.94. The molecule has 214 valence electrons. The third-order valence-corrected chi connectivity index (χ3v) is 8.43. The van der Waals surface area contributed by atoms with E-state index in [4.69, 9.17) is 9.47 Å². The van der Waals surface area contributed by atoms with E-state index < -0.39 is 23.6 Å². The van der Waals surface area contributed by atoms with Crippen molar-refractivity contribution >= 4 is 23.0 Å². The van der Waals surface area contributed by atoms with Gasteiger partial charge in [-0.3, -0.25) is 9.47 Å². The number of alkyl halides is 2. The molecule has 2 aromatic carbocycles. The van der Waals surface area contributed by atoms with Gasteiger partial charge in [0.15, 0.2) is 0 Å². The Bertz CT molecular complexity index is 1440. The number of piperidine rings is 1. The lowest BCUT2D eigenvalue weighted by Crippen LogP contribution is -2.53. The first kappa shape index (κ1) is 28.3. The van der Waals surface area contributed by atoms with Gasteiger partial charge in [0.25, 0.3) is 0 Å². The highest BCUT2D eigenvalue weighted by atomic mass is 19.3. The minimum Gasteiger partial charge on any atom is -0.465 e. The molecule has 1 aromatic heterocycles. The van der Waals surface area contributed by atoms with Crippen molar-refractivity contribution in [2.45, 2.75) is 84.4 Å². The Morgan fingerprint density at radius 2 is 1.73 bits per heavy atom. The van der Waals surface area contributed by atoms with Crippen molar-refractivity contribution in [3.8, 4) is 0 Å². The predicted octanol–water partition coefficient (Wildman–Crippen LogP) is 7.58. The average Bonchev–Trinajstić information content (AvgIpc) is 3.31. The number of methoxy groups -OCH3 is 1. The number of hydrogen-bond acceptors (Lipinski definition) is 5. The molecule has 1 saturated carbocycles. The highest BCUT2D eigenvalue weighted by Gasteiger charge is 2.58. The Kier molecular flexibility index (Phi) is 7.06. The van der Waals surface area contributed by atoms with Gasteiger partial charge in [-0.05, 0) is 99.9 Å². The van der Waals surface area contributed by atoms with Crippen molar-refractivity contribution in [2.75, 3.05) is 13.7 Å². The molecular formula is C32H38F2N2O4. The molecule has 6 nitrogen and oxygen atoms in total. The molecular weight excluding hydrogens is 514 g/mol. The van der Waals surface area contributed by atoms with Crippen molar-refractivity contribution in [1.29, 1.82) is 0 Å². The Hall–Kier alpha value is -3.26. The number of likely N-dealkylation sites (tertiary alicyclic amines) is 1. The molecule has 2 aliphatic rings. The van der Waals surface area contributed by atoms with E-state index in [1.807, 2.05) is 45.9 Å². The third-order valence-electron chi connectivity index (χ3n) is 8.43. The van der Waals surface area contributed by atoms with Crippen molar-refractivity contribution in [3.63, 3.8) is 0 Å². The van der Waals surface area contributed by atoms with Gasteiger partial charge in [0.05, 0.1) is 18.2 Å². The number of carbonyl (C=O) groups excluding carboxylic acids is 2. The van der Waals surface area contributed by atoms with Crippen LogP contribution in [-0.4, -0.2) is 46.7 Å². The van der Waals surface area contributed by atoms with Crippen molar-refractivity contribution in [1.82, 2.24) is 9.47 Å². The molecule has 1 spiro atoms. The van der Waals surface area contributed by atoms with Gasteiger partial charge in [0.1, 0.15) is 5.60 Å². The molecule has 0 radical (unpaired) electrons. The molecule has 0 unspecified atom stereocenters. The molecule has 1 atom stereocenters. The Morgan fingerprint density at radius 1 is 1.05 bits per heavy atom. The molecule has 2 fully saturated rings. The van der Waals surface area contributed by atoms with Gasteiger partial charge in [0, 0.05) is 37.0 Å². The van der Waals surface area contributed by atoms with Gasteiger partial charge in [-0.2, -0.15) is 0 Å². The first-order valence-corrected chi connectivity index (χ1v) is 13.8. The summed E-state index contributed by atoms with van der Waals surface area (Å²) in [6.45, 7) is 10.9. The van der Waals surface area contributed by atoms with Crippen LogP contribution in [-0.2, 0) is 16.0 Å². The van der Waals surface area contributed by atoms with Crippen LogP contribution in [0.3, 0.4) is 0 Å². The van der Waals surface area contributed by atoms with Crippen molar-refractivity contribution in [2.24, 2.45) is 5.41 Å². The van der Waals surface area contributed by atoms with Crippen LogP contribution < -0.4 is 0 Å². The fraction of sp³-hybridized carbons (Fsp3) is 0.500. The summed E-state index contributed by atoms with van der Waals surface area (Å²) in [5.74, 6) is -3.00. The molecule has 5 rings (SSSR count). The van der Waals surface area contributed by atoms with E-state index in [1.165, 1.54) is 7.11 Å². The van der Waals surface area contributed by atoms with Gasteiger partial charge in [-0.1, -0.05) is 18.2 Å². The number of benzene rings is 2. The second-order valence-electron chi connectivity index (χ2n) is 12.7. The number of hydrogen-bond donors (Lipinski definition) is 0. The van der Waals surface area contributed by atoms with Crippen LogP contribution in [0.25, 0.3) is 10.9 Å². The van der Waals surface area contributed by atoms with E-state index in [2.05, 4.69) is 17.9 Å². The quantitative estimate of drug-likeness (QED) is 0.312. The molecule has 40 heavy (non-hydrogen) atoms. The maximum Gasteiger partial charge on any atom is 0.418 e. The molecule has 1 saturated heterocycles. The first-order chi connectivity index (χ1) is 18.7. The van der Waals surface area contributed by atoms with Gasteiger partial charge < -0.3 is 9.47 Å². The van der Waals surface area contributed by atoms with Gasteiger partial charge >= 0.3 is 12.1 Å². The number of nitrogens with zero attached hydrogens (tertiary/aromatic N) is 2. The lowest BCUT2D eigenvalue weighted by molar-refractivity contribution is -0.186. The number of fused-ring (bicyclic) bond motifs is 1. The first-order valence-electron chi connectivity index (χ1n) is 13.8. The van der Waals surface area contributed by atoms with Gasteiger partial charge in [-0.25, -0.2) is 18.4 Å². The number of esters is 1. The summed E-state index contributed by atoms with van der Waals surface area (Å²) in [4.78, 5) is 27.4. The van der Waals surface area contributed by atoms with E-state index in [0.717, 1.165) is 33.2 Å². The zero-order chi connectivity index (χ0) is 29.0. The number of ether oxygens (including phenoxy) is 2. The molecule has 8 heteroatoms.